The number of carbonyl (C=O) groups is 1. The number of aliphatic hydroxyl groups is 1. The summed E-state index contributed by atoms with van der Waals surface area (Å²) in [6.07, 6.45) is 0.764. The van der Waals surface area contributed by atoms with Crippen LogP contribution in [-0.4, -0.2) is 16.0 Å². The quantitative estimate of drug-likeness (QED) is 0.877. The Kier molecular flexibility index (Phi) is 5.44. The van der Waals surface area contributed by atoms with Gasteiger partial charge >= 0.3 is 0 Å². The number of oxazole rings is 1. The van der Waals surface area contributed by atoms with Crippen molar-refractivity contribution in [1.82, 2.24) is 10.3 Å². The SMILES string of the molecule is CC(C)(C)c1cnc(CNC(=O)CC(O)c2ccc(Cl)cc2)o1. The summed E-state index contributed by atoms with van der Waals surface area (Å²) >= 11 is 5.80. The summed E-state index contributed by atoms with van der Waals surface area (Å²) < 4.78 is 5.60. The monoisotopic (exact) mass is 336 g/mol. The van der Waals surface area contributed by atoms with Crippen molar-refractivity contribution in [1.29, 1.82) is 0 Å². The Balaban J connectivity index is 1.85. The molecule has 0 fully saturated rings. The lowest BCUT2D eigenvalue weighted by Gasteiger charge is -2.13. The molecule has 0 aliphatic heterocycles. The van der Waals surface area contributed by atoms with Crippen molar-refractivity contribution in [2.75, 3.05) is 0 Å². The van der Waals surface area contributed by atoms with Gasteiger partial charge in [-0.05, 0) is 17.7 Å². The predicted molar refractivity (Wildman–Crippen MR) is 88.1 cm³/mol. The summed E-state index contributed by atoms with van der Waals surface area (Å²) in [6, 6.07) is 6.76. The van der Waals surface area contributed by atoms with Gasteiger partial charge in [-0.15, -0.1) is 0 Å². The summed E-state index contributed by atoms with van der Waals surface area (Å²) in [6.45, 7) is 6.28. The third-order valence-corrected chi connectivity index (χ3v) is 3.62. The van der Waals surface area contributed by atoms with E-state index in [-0.39, 0.29) is 24.3 Å². The Bertz CT molecular complexity index is 659. The zero-order chi connectivity index (χ0) is 17.0. The second-order valence-corrected chi connectivity index (χ2v) is 6.85. The zero-order valence-corrected chi connectivity index (χ0v) is 14.2. The molecule has 1 unspecified atom stereocenters. The molecule has 0 radical (unpaired) electrons. The summed E-state index contributed by atoms with van der Waals surface area (Å²) in [4.78, 5) is 16.0. The van der Waals surface area contributed by atoms with E-state index in [0.29, 0.717) is 16.5 Å². The highest BCUT2D eigenvalue weighted by Crippen LogP contribution is 2.22. The van der Waals surface area contributed by atoms with Gasteiger partial charge in [0.05, 0.1) is 25.3 Å². The van der Waals surface area contributed by atoms with Crippen LogP contribution in [0.4, 0.5) is 0 Å². The first-order valence-corrected chi connectivity index (χ1v) is 7.79. The van der Waals surface area contributed by atoms with Crippen molar-refractivity contribution >= 4 is 17.5 Å². The third-order valence-electron chi connectivity index (χ3n) is 3.36. The molecule has 5 nitrogen and oxygen atoms in total. The molecule has 1 amide bonds. The lowest BCUT2D eigenvalue weighted by atomic mass is 9.94. The molecule has 2 N–H and O–H groups in total. The summed E-state index contributed by atoms with van der Waals surface area (Å²) in [7, 11) is 0. The van der Waals surface area contributed by atoms with Crippen LogP contribution in [0.25, 0.3) is 0 Å². The molecular formula is C17H21ClN2O3. The number of aliphatic hydroxyl groups excluding tert-OH is 1. The summed E-state index contributed by atoms with van der Waals surface area (Å²) in [5.41, 5.74) is 0.524. The van der Waals surface area contributed by atoms with Crippen LogP contribution in [0.2, 0.25) is 5.02 Å². The molecule has 0 saturated carbocycles. The average molecular weight is 337 g/mol. The van der Waals surface area contributed by atoms with Gasteiger partial charge in [0, 0.05) is 10.4 Å². The summed E-state index contributed by atoms with van der Waals surface area (Å²) in [5, 5.41) is 13.3. The van der Waals surface area contributed by atoms with Gasteiger partial charge in [-0.3, -0.25) is 4.79 Å². The van der Waals surface area contributed by atoms with Gasteiger partial charge in [0.15, 0.2) is 0 Å². The van der Waals surface area contributed by atoms with Crippen molar-refractivity contribution in [2.24, 2.45) is 0 Å². The fourth-order valence-corrected chi connectivity index (χ4v) is 2.09. The molecule has 1 atom stereocenters. The van der Waals surface area contributed by atoms with E-state index < -0.39 is 6.10 Å². The van der Waals surface area contributed by atoms with Gasteiger partial charge in [-0.25, -0.2) is 4.98 Å². The second-order valence-electron chi connectivity index (χ2n) is 6.42. The van der Waals surface area contributed by atoms with Crippen molar-refractivity contribution in [3.8, 4) is 0 Å². The fraction of sp³-hybridized carbons (Fsp3) is 0.412. The van der Waals surface area contributed by atoms with Crippen molar-refractivity contribution in [2.45, 2.75) is 45.3 Å². The highest BCUT2D eigenvalue weighted by molar-refractivity contribution is 6.30. The normalized spacial score (nSPS) is 12.9. The van der Waals surface area contributed by atoms with Crippen molar-refractivity contribution < 1.29 is 14.3 Å². The van der Waals surface area contributed by atoms with Gasteiger partial charge in [0.1, 0.15) is 5.76 Å². The number of halogens is 1. The molecule has 1 heterocycles. The van der Waals surface area contributed by atoms with Crippen molar-refractivity contribution in [3.63, 3.8) is 0 Å². The smallest absolute Gasteiger partial charge is 0.223 e. The highest BCUT2D eigenvalue weighted by atomic mass is 35.5. The number of nitrogens with one attached hydrogen (secondary N) is 1. The third kappa shape index (κ3) is 5.08. The molecule has 0 bridgehead atoms. The van der Waals surface area contributed by atoms with Crippen LogP contribution in [0, 0.1) is 0 Å². The first-order chi connectivity index (χ1) is 10.8. The number of benzene rings is 1. The van der Waals surface area contributed by atoms with Gasteiger partial charge in [-0.1, -0.05) is 44.5 Å². The number of hydrogen-bond donors (Lipinski definition) is 2. The van der Waals surface area contributed by atoms with Crippen LogP contribution in [0.15, 0.2) is 34.9 Å². The van der Waals surface area contributed by atoms with E-state index in [0.717, 1.165) is 5.76 Å². The minimum atomic E-state index is -0.873. The summed E-state index contributed by atoms with van der Waals surface area (Å²) in [5.74, 6) is 0.940. The minimum absolute atomic E-state index is 0.0333. The largest absolute Gasteiger partial charge is 0.443 e. The maximum absolute atomic E-state index is 11.9. The zero-order valence-electron chi connectivity index (χ0n) is 13.5. The maximum atomic E-state index is 11.9. The second kappa shape index (κ2) is 7.15. The Hall–Kier alpha value is -1.85. The van der Waals surface area contributed by atoms with Gasteiger partial charge in [0.25, 0.3) is 0 Å². The topological polar surface area (TPSA) is 75.4 Å². The standard InChI is InChI=1S/C17H21ClN2O3/c1-17(2,3)14-9-20-16(23-14)10-19-15(22)8-13(21)11-4-6-12(18)7-5-11/h4-7,9,13,21H,8,10H2,1-3H3,(H,19,22). The first kappa shape index (κ1) is 17.5. The van der Waals surface area contributed by atoms with E-state index in [9.17, 15) is 9.90 Å². The predicted octanol–water partition coefficient (Wildman–Crippen LogP) is 3.37. The average Bonchev–Trinajstić information content (AvgIpc) is 2.95. The molecule has 124 valence electrons. The molecule has 2 aromatic rings. The Morgan fingerprint density at radius 1 is 1.35 bits per heavy atom. The van der Waals surface area contributed by atoms with E-state index >= 15 is 0 Å². The highest BCUT2D eigenvalue weighted by Gasteiger charge is 2.19. The lowest BCUT2D eigenvalue weighted by molar-refractivity contribution is -0.123. The van der Waals surface area contributed by atoms with Gasteiger partial charge in [-0.2, -0.15) is 0 Å². The molecule has 0 saturated heterocycles. The first-order valence-electron chi connectivity index (χ1n) is 7.41. The van der Waals surface area contributed by atoms with E-state index in [4.69, 9.17) is 16.0 Å². The van der Waals surface area contributed by atoms with Crippen LogP contribution in [0.5, 0.6) is 0 Å². The molecule has 1 aromatic heterocycles. The number of carbonyl (C=O) groups excluding carboxylic acids is 1. The van der Waals surface area contributed by atoms with E-state index in [1.807, 2.05) is 20.8 Å². The Labute approximate surface area is 140 Å². The van der Waals surface area contributed by atoms with Gasteiger partial charge in [0.2, 0.25) is 11.8 Å². The number of rotatable bonds is 5. The van der Waals surface area contributed by atoms with Crippen LogP contribution >= 0.6 is 11.6 Å². The van der Waals surface area contributed by atoms with Crippen LogP contribution in [-0.2, 0) is 16.8 Å². The molecule has 6 heteroatoms. The number of aromatic nitrogens is 1. The number of amides is 1. The number of hydrogen-bond acceptors (Lipinski definition) is 4. The number of nitrogens with zero attached hydrogens (tertiary/aromatic N) is 1. The molecule has 1 aromatic carbocycles. The molecule has 2 rings (SSSR count). The Morgan fingerprint density at radius 2 is 2.00 bits per heavy atom. The lowest BCUT2D eigenvalue weighted by Crippen LogP contribution is -2.24. The molecule has 23 heavy (non-hydrogen) atoms. The van der Waals surface area contributed by atoms with E-state index in [2.05, 4.69) is 10.3 Å². The van der Waals surface area contributed by atoms with E-state index in [1.165, 1.54) is 0 Å². The van der Waals surface area contributed by atoms with Gasteiger partial charge < -0.3 is 14.8 Å². The fourth-order valence-electron chi connectivity index (χ4n) is 1.96. The molecule has 0 spiro atoms. The molecule has 0 aliphatic carbocycles. The van der Waals surface area contributed by atoms with E-state index in [1.54, 1.807) is 30.5 Å². The van der Waals surface area contributed by atoms with Crippen LogP contribution < -0.4 is 5.32 Å². The maximum Gasteiger partial charge on any atom is 0.223 e. The van der Waals surface area contributed by atoms with Crippen molar-refractivity contribution in [3.05, 3.63) is 52.7 Å². The molecule has 0 aliphatic rings. The minimum Gasteiger partial charge on any atom is -0.443 e. The van der Waals surface area contributed by atoms with Crippen LogP contribution in [0.1, 0.15) is 50.5 Å². The Morgan fingerprint density at radius 3 is 2.57 bits per heavy atom. The molecular weight excluding hydrogens is 316 g/mol. The van der Waals surface area contributed by atoms with Crippen LogP contribution in [0.3, 0.4) is 0 Å².